The number of hydrogen-bond donors (Lipinski definition) is 1. The fraction of sp³-hybridized carbons (Fsp3) is 0.143. The average Bonchev–Trinajstić information content (AvgIpc) is 2.44. The number of ether oxygens (including phenoxy) is 2. The molecule has 0 fully saturated rings. The Morgan fingerprint density at radius 1 is 1.36 bits per heavy atom. The molecule has 22 heavy (non-hydrogen) atoms. The highest BCUT2D eigenvalue weighted by molar-refractivity contribution is 5.90. The van der Waals surface area contributed by atoms with E-state index in [-0.39, 0.29) is 16.7 Å². The SMILES string of the molecule is CC1=C(C)n2cc(OC(=O)O)c(=O)c3cc(F)c(F)c(c32)O1. The molecule has 0 spiro atoms. The molecule has 1 aliphatic rings. The highest BCUT2D eigenvalue weighted by atomic mass is 19.2. The van der Waals surface area contributed by atoms with Crippen LogP contribution in [0.4, 0.5) is 13.6 Å². The molecule has 6 nitrogen and oxygen atoms in total. The summed E-state index contributed by atoms with van der Waals surface area (Å²) in [6.07, 6.45) is -0.571. The number of nitrogens with zero attached hydrogens (tertiary/aromatic N) is 1. The van der Waals surface area contributed by atoms with Crippen LogP contribution in [0.3, 0.4) is 0 Å². The summed E-state index contributed by atoms with van der Waals surface area (Å²) in [4.78, 5) is 22.9. The monoisotopic (exact) mass is 309 g/mol. The third kappa shape index (κ3) is 1.84. The van der Waals surface area contributed by atoms with E-state index >= 15 is 0 Å². The zero-order chi connectivity index (χ0) is 16.2. The van der Waals surface area contributed by atoms with Crippen molar-refractivity contribution < 1.29 is 28.2 Å². The molecule has 2 aromatic rings. The standard InChI is InChI=1S/C14H9F2NO5/c1-5-6(2)21-13-10(16)8(15)3-7-11(13)17(5)4-9(12(7)18)22-14(19)20/h3-4H,1-2H3,(H,19,20). The van der Waals surface area contributed by atoms with Crippen LogP contribution in [0, 0.1) is 11.6 Å². The number of aromatic nitrogens is 1. The van der Waals surface area contributed by atoms with Crippen LogP contribution in [0.2, 0.25) is 0 Å². The summed E-state index contributed by atoms with van der Waals surface area (Å²) >= 11 is 0. The van der Waals surface area contributed by atoms with E-state index in [4.69, 9.17) is 9.84 Å². The second kappa shape index (κ2) is 4.55. The molecule has 0 atom stereocenters. The summed E-state index contributed by atoms with van der Waals surface area (Å²) in [5, 5.41) is 8.43. The van der Waals surface area contributed by atoms with Crippen molar-refractivity contribution in [1.82, 2.24) is 4.57 Å². The van der Waals surface area contributed by atoms with E-state index in [1.807, 2.05) is 0 Å². The van der Waals surface area contributed by atoms with Gasteiger partial charge in [0.1, 0.15) is 11.3 Å². The molecule has 1 aliphatic heterocycles. The maximum Gasteiger partial charge on any atom is 0.511 e. The molecule has 0 saturated carbocycles. The van der Waals surface area contributed by atoms with Crippen molar-refractivity contribution in [2.75, 3.05) is 0 Å². The van der Waals surface area contributed by atoms with Crippen LogP contribution in [-0.2, 0) is 0 Å². The molecule has 8 heteroatoms. The van der Waals surface area contributed by atoms with Gasteiger partial charge in [-0.15, -0.1) is 0 Å². The van der Waals surface area contributed by atoms with Crippen LogP contribution >= 0.6 is 0 Å². The Hall–Kier alpha value is -2.90. The first-order chi connectivity index (χ1) is 10.3. The maximum absolute atomic E-state index is 13.9. The fourth-order valence-electron chi connectivity index (χ4n) is 2.30. The zero-order valence-corrected chi connectivity index (χ0v) is 11.4. The quantitative estimate of drug-likeness (QED) is 0.819. The lowest BCUT2D eigenvalue weighted by Gasteiger charge is -2.23. The molecule has 1 aromatic heterocycles. The third-order valence-electron chi connectivity index (χ3n) is 3.43. The van der Waals surface area contributed by atoms with Gasteiger partial charge in [0, 0.05) is 0 Å². The highest BCUT2D eigenvalue weighted by Crippen LogP contribution is 2.37. The van der Waals surface area contributed by atoms with Gasteiger partial charge < -0.3 is 19.1 Å². The molecule has 0 aliphatic carbocycles. The van der Waals surface area contributed by atoms with E-state index in [2.05, 4.69) is 4.74 Å². The summed E-state index contributed by atoms with van der Waals surface area (Å²) < 4.78 is 38.6. The van der Waals surface area contributed by atoms with Gasteiger partial charge in [-0.25, -0.2) is 9.18 Å². The molecule has 114 valence electrons. The summed E-state index contributed by atoms with van der Waals surface area (Å²) in [5.74, 6) is -3.14. The van der Waals surface area contributed by atoms with Crippen LogP contribution in [0.1, 0.15) is 13.8 Å². The Kier molecular flexibility index (Phi) is 2.91. The van der Waals surface area contributed by atoms with Crippen molar-refractivity contribution in [1.29, 1.82) is 0 Å². The molecular formula is C14H9F2NO5. The molecular weight excluding hydrogens is 300 g/mol. The number of carboxylic acid groups (broad SMARTS) is 1. The molecule has 3 rings (SSSR count). The van der Waals surface area contributed by atoms with E-state index in [0.29, 0.717) is 11.8 Å². The number of benzene rings is 1. The van der Waals surface area contributed by atoms with Gasteiger partial charge in [-0.2, -0.15) is 4.39 Å². The molecule has 1 aromatic carbocycles. The second-order valence-corrected chi connectivity index (χ2v) is 4.70. The number of carbonyl (C=O) groups is 1. The van der Waals surface area contributed by atoms with E-state index < -0.39 is 34.7 Å². The molecule has 0 unspecified atom stereocenters. The van der Waals surface area contributed by atoms with E-state index in [9.17, 15) is 18.4 Å². The molecule has 0 amide bonds. The number of pyridine rings is 1. The Labute approximate surface area is 121 Å². The zero-order valence-electron chi connectivity index (χ0n) is 11.4. The van der Waals surface area contributed by atoms with Crippen LogP contribution in [0.5, 0.6) is 11.5 Å². The largest absolute Gasteiger partial charge is 0.511 e. The van der Waals surface area contributed by atoms with Crippen LogP contribution in [0.25, 0.3) is 16.6 Å². The van der Waals surface area contributed by atoms with Gasteiger partial charge in [-0.3, -0.25) is 4.79 Å². The lowest BCUT2D eigenvalue weighted by atomic mass is 10.1. The van der Waals surface area contributed by atoms with Crippen molar-refractivity contribution in [3.63, 3.8) is 0 Å². The molecule has 2 heterocycles. The van der Waals surface area contributed by atoms with Gasteiger partial charge in [0.05, 0.1) is 17.3 Å². The smallest absolute Gasteiger partial charge is 0.455 e. The lowest BCUT2D eigenvalue weighted by Crippen LogP contribution is -2.19. The minimum atomic E-state index is -1.68. The normalized spacial score (nSPS) is 13.3. The lowest BCUT2D eigenvalue weighted by molar-refractivity contribution is 0.144. The van der Waals surface area contributed by atoms with Crippen LogP contribution in [0.15, 0.2) is 22.8 Å². The Morgan fingerprint density at radius 2 is 2.05 bits per heavy atom. The first-order valence-corrected chi connectivity index (χ1v) is 6.15. The van der Waals surface area contributed by atoms with Crippen molar-refractivity contribution in [3.8, 4) is 11.5 Å². The van der Waals surface area contributed by atoms with Crippen molar-refractivity contribution in [2.45, 2.75) is 13.8 Å². The van der Waals surface area contributed by atoms with Gasteiger partial charge in [-0.1, -0.05) is 0 Å². The van der Waals surface area contributed by atoms with E-state index in [0.717, 1.165) is 6.20 Å². The van der Waals surface area contributed by atoms with Gasteiger partial charge >= 0.3 is 6.16 Å². The van der Waals surface area contributed by atoms with Gasteiger partial charge in [0.2, 0.25) is 11.2 Å². The highest BCUT2D eigenvalue weighted by Gasteiger charge is 2.26. The minimum absolute atomic E-state index is 0.0183. The molecule has 0 saturated heterocycles. The average molecular weight is 309 g/mol. The summed E-state index contributed by atoms with van der Waals surface area (Å²) in [6, 6.07) is 0.693. The number of allylic oxidation sites excluding steroid dienone is 2. The van der Waals surface area contributed by atoms with Gasteiger partial charge in [0.15, 0.2) is 17.3 Å². The number of halogens is 2. The maximum atomic E-state index is 13.9. The van der Waals surface area contributed by atoms with Crippen LogP contribution < -0.4 is 14.9 Å². The summed E-state index contributed by atoms with van der Waals surface area (Å²) in [7, 11) is 0. The van der Waals surface area contributed by atoms with E-state index in [1.54, 1.807) is 6.92 Å². The topological polar surface area (TPSA) is 77.8 Å². The fourth-order valence-corrected chi connectivity index (χ4v) is 2.30. The molecule has 0 bridgehead atoms. The van der Waals surface area contributed by atoms with Gasteiger partial charge in [0.25, 0.3) is 0 Å². The number of hydrogen-bond acceptors (Lipinski definition) is 4. The second-order valence-electron chi connectivity index (χ2n) is 4.70. The predicted octanol–water partition coefficient (Wildman–Crippen LogP) is 2.94. The predicted molar refractivity (Wildman–Crippen MR) is 72.0 cm³/mol. The van der Waals surface area contributed by atoms with Crippen molar-refractivity contribution >= 4 is 22.8 Å². The van der Waals surface area contributed by atoms with Gasteiger partial charge in [-0.05, 0) is 19.9 Å². The Balaban J connectivity index is 2.50. The first-order valence-electron chi connectivity index (χ1n) is 6.15. The van der Waals surface area contributed by atoms with Crippen LogP contribution in [-0.4, -0.2) is 15.8 Å². The Morgan fingerprint density at radius 3 is 2.68 bits per heavy atom. The molecule has 0 radical (unpaired) electrons. The third-order valence-corrected chi connectivity index (χ3v) is 3.43. The minimum Gasteiger partial charge on any atom is -0.455 e. The first kappa shape index (κ1) is 14.1. The summed E-state index contributed by atoms with van der Waals surface area (Å²) in [5.41, 5.74) is -0.367. The number of rotatable bonds is 1. The summed E-state index contributed by atoms with van der Waals surface area (Å²) in [6.45, 7) is 3.15. The van der Waals surface area contributed by atoms with Crippen molar-refractivity contribution in [3.05, 3.63) is 39.9 Å². The van der Waals surface area contributed by atoms with Crippen molar-refractivity contribution in [2.24, 2.45) is 0 Å². The Bertz CT molecular complexity index is 929. The molecule has 1 N–H and O–H groups in total. The van der Waals surface area contributed by atoms with E-state index in [1.165, 1.54) is 11.5 Å².